The van der Waals surface area contributed by atoms with Gasteiger partial charge in [-0.15, -0.1) is 0 Å². The SMILES string of the molecule is CCC[C@@H](CO)Nc1nc(N)nc2cnn(Cc3ccc(C(=O)N4CCNCC4)cc3)c(=O)c12. The Morgan fingerprint density at radius 1 is 1.24 bits per heavy atom. The summed E-state index contributed by atoms with van der Waals surface area (Å²) in [5, 5.41) is 20.5. The average Bonchev–Trinajstić information content (AvgIpc) is 2.85. The Balaban J connectivity index is 1.59. The Morgan fingerprint density at radius 3 is 2.65 bits per heavy atom. The normalized spacial score (nSPS) is 14.8. The molecule has 5 N–H and O–H groups in total. The number of carbonyl (C=O) groups is 1. The van der Waals surface area contributed by atoms with Gasteiger partial charge in [0.25, 0.3) is 11.5 Å². The molecule has 34 heavy (non-hydrogen) atoms. The second kappa shape index (κ2) is 10.6. The highest BCUT2D eigenvalue weighted by molar-refractivity contribution is 5.94. The van der Waals surface area contributed by atoms with Crippen molar-refractivity contribution in [3.05, 3.63) is 51.9 Å². The third kappa shape index (κ3) is 5.15. The lowest BCUT2D eigenvalue weighted by Gasteiger charge is -2.27. The largest absolute Gasteiger partial charge is 0.394 e. The second-order valence-corrected chi connectivity index (χ2v) is 8.35. The second-order valence-electron chi connectivity index (χ2n) is 8.35. The van der Waals surface area contributed by atoms with Crippen molar-refractivity contribution in [2.24, 2.45) is 0 Å². The molecule has 0 radical (unpaired) electrons. The number of aliphatic hydroxyl groups excluding tert-OH is 1. The van der Waals surface area contributed by atoms with Crippen LogP contribution in [0, 0.1) is 0 Å². The number of nitrogens with two attached hydrogens (primary N) is 1. The summed E-state index contributed by atoms with van der Waals surface area (Å²) in [7, 11) is 0. The molecular weight excluding hydrogens is 436 g/mol. The Labute approximate surface area is 197 Å². The van der Waals surface area contributed by atoms with Crippen LogP contribution in [-0.2, 0) is 6.54 Å². The van der Waals surface area contributed by atoms with Crippen LogP contribution >= 0.6 is 0 Å². The molecule has 1 aliphatic heterocycles. The van der Waals surface area contributed by atoms with Gasteiger partial charge in [-0.1, -0.05) is 25.5 Å². The number of hydrogen-bond donors (Lipinski definition) is 4. The first-order valence-electron chi connectivity index (χ1n) is 11.5. The van der Waals surface area contributed by atoms with E-state index in [1.807, 2.05) is 24.0 Å². The topological polar surface area (TPSA) is 151 Å². The van der Waals surface area contributed by atoms with Crippen LogP contribution in [0.25, 0.3) is 10.9 Å². The summed E-state index contributed by atoms with van der Waals surface area (Å²) in [6.07, 6.45) is 3.05. The van der Waals surface area contributed by atoms with Crippen LogP contribution in [0.5, 0.6) is 0 Å². The number of piperazine rings is 1. The fourth-order valence-electron chi connectivity index (χ4n) is 4.05. The molecule has 11 heteroatoms. The van der Waals surface area contributed by atoms with Crippen molar-refractivity contribution in [2.75, 3.05) is 43.8 Å². The number of nitrogens with zero attached hydrogens (tertiary/aromatic N) is 5. The van der Waals surface area contributed by atoms with E-state index in [4.69, 9.17) is 5.73 Å². The molecule has 0 aliphatic carbocycles. The van der Waals surface area contributed by atoms with Crippen LogP contribution in [0.2, 0.25) is 0 Å². The maximum atomic E-state index is 13.3. The van der Waals surface area contributed by atoms with Crippen molar-refractivity contribution >= 4 is 28.6 Å². The molecule has 0 bridgehead atoms. The number of nitrogens with one attached hydrogen (secondary N) is 2. The van der Waals surface area contributed by atoms with Crippen molar-refractivity contribution < 1.29 is 9.90 Å². The van der Waals surface area contributed by atoms with Crippen LogP contribution < -0.4 is 21.9 Å². The van der Waals surface area contributed by atoms with Crippen molar-refractivity contribution in [2.45, 2.75) is 32.4 Å². The van der Waals surface area contributed by atoms with Crippen LogP contribution in [-0.4, -0.2) is 74.5 Å². The zero-order chi connectivity index (χ0) is 24.1. The van der Waals surface area contributed by atoms with Gasteiger partial charge >= 0.3 is 0 Å². The molecule has 0 unspecified atom stereocenters. The van der Waals surface area contributed by atoms with E-state index in [-0.39, 0.29) is 47.8 Å². The highest BCUT2D eigenvalue weighted by atomic mass is 16.3. The Bertz CT molecular complexity index is 1210. The lowest BCUT2D eigenvalue weighted by atomic mass is 10.1. The zero-order valence-electron chi connectivity index (χ0n) is 19.2. The van der Waals surface area contributed by atoms with Crippen molar-refractivity contribution in [3.8, 4) is 0 Å². The van der Waals surface area contributed by atoms with Crippen LogP contribution in [0.15, 0.2) is 35.3 Å². The number of nitrogen functional groups attached to an aromatic ring is 1. The minimum atomic E-state index is -0.367. The average molecular weight is 467 g/mol. The lowest BCUT2D eigenvalue weighted by molar-refractivity contribution is 0.0736. The van der Waals surface area contributed by atoms with Gasteiger partial charge in [-0.05, 0) is 24.1 Å². The summed E-state index contributed by atoms with van der Waals surface area (Å²) in [4.78, 5) is 36.1. The number of anilines is 2. The number of benzene rings is 1. The molecule has 180 valence electrons. The molecule has 1 fully saturated rings. The van der Waals surface area contributed by atoms with Crippen LogP contribution in [0.3, 0.4) is 0 Å². The monoisotopic (exact) mass is 466 g/mol. The van der Waals surface area contributed by atoms with Crippen LogP contribution in [0.4, 0.5) is 11.8 Å². The molecule has 4 rings (SSSR count). The van der Waals surface area contributed by atoms with E-state index in [2.05, 4.69) is 25.7 Å². The van der Waals surface area contributed by atoms with E-state index < -0.39 is 0 Å². The lowest BCUT2D eigenvalue weighted by Crippen LogP contribution is -2.46. The summed E-state index contributed by atoms with van der Waals surface area (Å²) in [5.41, 5.74) is 7.24. The maximum Gasteiger partial charge on any atom is 0.280 e. The summed E-state index contributed by atoms with van der Waals surface area (Å²) < 4.78 is 1.33. The molecule has 3 heterocycles. The summed E-state index contributed by atoms with van der Waals surface area (Å²) in [5.74, 6) is 0.310. The number of aromatic nitrogens is 4. The van der Waals surface area contributed by atoms with E-state index in [9.17, 15) is 14.7 Å². The van der Waals surface area contributed by atoms with Gasteiger partial charge in [0.05, 0.1) is 25.4 Å². The fraction of sp³-hybridized carbons (Fsp3) is 0.435. The molecule has 11 nitrogen and oxygen atoms in total. The van der Waals surface area contributed by atoms with Crippen molar-refractivity contribution in [1.29, 1.82) is 0 Å². The number of rotatable bonds is 8. The molecule has 2 aromatic heterocycles. The van der Waals surface area contributed by atoms with Gasteiger partial charge in [0.15, 0.2) is 0 Å². The zero-order valence-corrected chi connectivity index (χ0v) is 19.2. The summed E-state index contributed by atoms with van der Waals surface area (Å²) >= 11 is 0. The quantitative estimate of drug-likeness (QED) is 0.370. The number of hydrogen-bond acceptors (Lipinski definition) is 9. The first-order chi connectivity index (χ1) is 16.5. The number of aliphatic hydroxyl groups is 1. The minimum absolute atomic E-state index is 0.00465. The van der Waals surface area contributed by atoms with E-state index in [1.165, 1.54) is 10.9 Å². The maximum absolute atomic E-state index is 13.3. The van der Waals surface area contributed by atoms with Gasteiger partial charge < -0.3 is 26.4 Å². The van der Waals surface area contributed by atoms with Gasteiger partial charge in [-0.3, -0.25) is 9.59 Å². The summed E-state index contributed by atoms with van der Waals surface area (Å²) in [6.45, 7) is 5.10. The molecule has 1 aliphatic rings. The molecule has 0 saturated carbocycles. The third-order valence-corrected chi connectivity index (χ3v) is 5.86. The van der Waals surface area contributed by atoms with Gasteiger partial charge in [0.2, 0.25) is 5.95 Å². The highest BCUT2D eigenvalue weighted by Crippen LogP contribution is 2.19. The molecule has 1 saturated heterocycles. The number of fused-ring (bicyclic) bond motifs is 1. The molecule has 3 aromatic rings. The molecule has 1 aromatic carbocycles. The predicted octanol–water partition coefficient (Wildman–Crippen LogP) is 0.435. The smallest absolute Gasteiger partial charge is 0.280 e. The molecule has 1 atom stereocenters. The van der Waals surface area contributed by atoms with Crippen molar-refractivity contribution in [1.82, 2.24) is 30.0 Å². The van der Waals surface area contributed by atoms with E-state index in [1.54, 1.807) is 12.1 Å². The highest BCUT2D eigenvalue weighted by Gasteiger charge is 2.19. The van der Waals surface area contributed by atoms with Crippen molar-refractivity contribution in [3.63, 3.8) is 0 Å². The first kappa shape index (κ1) is 23.6. The van der Waals surface area contributed by atoms with Gasteiger partial charge in [0, 0.05) is 31.7 Å². The van der Waals surface area contributed by atoms with E-state index in [0.29, 0.717) is 30.6 Å². The van der Waals surface area contributed by atoms with Gasteiger partial charge in [-0.25, -0.2) is 9.67 Å². The number of amides is 1. The Morgan fingerprint density at radius 2 is 1.97 bits per heavy atom. The van der Waals surface area contributed by atoms with E-state index >= 15 is 0 Å². The molecular formula is C23H30N8O3. The third-order valence-electron chi connectivity index (χ3n) is 5.86. The van der Waals surface area contributed by atoms with Crippen LogP contribution in [0.1, 0.15) is 35.7 Å². The predicted molar refractivity (Wildman–Crippen MR) is 130 cm³/mol. The standard InChI is InChI=1S/C23H30N8O3/c1-2-3-17(14-32)27-20-19-18(28-23(24)29-20)12-26-31(22(19)34)13-15-4-6-16(7-5-15)21(33)30-10-8-25-9-11-30/h4-7,12,17,25,32H,2-3,8-11,13-14H2,1H3,(H3,24,27,28,29)/t17-/m0/s1. The fourth-order valence-corrected chi connectivity index (χ4v) is 4.05. The molecule has 1 amide bonds. The molecule has 0 spiro atoms. The Hall–Kier alpha value is -3.57. The minimum Gasteiger partial charge on any atom is -0.394 e. The van der Waals surface area contributed by atoms with Gasteiger partial charge in [-0.2, -0.15) is 10.1 Å². The number of carbonyl (C=O) groups excluding carboxylic acids is 1. The van der Waals surface area contributed by atoms with Gasteiger partial charge in [0.1, 0.15) is 16.7 Å². The van der Waals surface area contributed by atoms with E-state index in [0.717, 1.165) is 25.1 Å². The first-order valence-corrected chi connectivity index (χ1v) is 11.5. The summed E-state index contributed by atoms with van der Waals surface area (Å²) in [6, 6.07) is 6.95. The Kier molecular flexibility index (Phi) is 7.33.